The number of nitrogens with one attached hydrogen (secondary N) is 2. The summed E-state index contributed by atoms with van der Waals surface area (Å²) in [5, 5.41) is 16.0. The minimum absolute atomic E-state index is 0.0558. The van der Waals surface area contributed by atoms with Crippen molar-refractivity contribution in [3.63, 3.8) is 0 Å². The van der Waals surface area contributed by atoms with Gasteiger partial charge in [0.1, 0.15) is 31.4 Å². The van der Waals surface area contributed by atoms with Crippen LogP contribution in [0.15, 0.2) is 60.7 Å². The molecule has 1 unspecified atom stereocenters. The molecule has 0 aromatic heterocycles. The van der Waals surface area contributed by atoms with E-state index in [2.05, 4.69) is 24.5 Å². The Labute approximate surface area is 411 Å². The van der Waals surface area contributed by atoms with Gasteiger partial charge in [-0.25, -0.2) is 4.79 Å². The summed E-state index contributed by atoms with van der Waals surface area (Å²) in [6.07, 6.45) is 29.6. The molecule has 0 heterocycles. The number of aliphatic hydroxyl groups excluding tert-OH is 1. The summed E-state index contributed by atoms with van der Waals surface area (Å²) in [4.78, 5) is 66.6. The summed E-state index contributed by atoms with van der Waals surface area (Å²) >= 11 is 0. The lowest BCUT2D eigenvalue weighted by Gasteiger charge is -2.25. The number of amides is 2. The molecule has 384 valence electrons. The number of benzene rings is 2. The molecule has 0 spiro atoms. The molecular weight excluding hydrogens is 857 g/mol. The van der Waals surface area contributed by atoms with Gasteiger partial charge in [-0.2, -0.15) is 0 Å². The first-order valence-corrected chi connectivity index (χ1v) is 27.0. The molecule has 0 aliphatic carbocycles. The lowest BCUT2D eigenvalue weighted by molar-refractivity contribution is -0.151. The van der Waals surface area contributed by atoms with Gasteiger partial charge < -0.3 is 30.0 Å². The van der Waals surface area contributed by atoms with Crippen LogP contribution < -0.4 is 10.6 Å². The van der Waals surface area contributed by atoms with Crippen LogP contribution in [0.1, 0.15) is 231 Å². The number of unbranched alkanes of at least 4 members (excludes halogenated alkanes) is 24. The first-order chi connectivity index (χ1) is 33.1. The second-order valence-corrected chi connectivity index (χ2v) is 19.0. The van der Waals surface area contributed by atoms with Gasteiger partial charge in [0.25, 0.3) is 0 Å². The zero-order valence-electron chi connectivity index (χ0n) is 42.6. The lowest BCUT2D eigenvalue weighted by Crippen LogP contribution is -2.56. The van der Waals surface area contributed by atoms with Crippen molar-refractivity contribution in [2.75, 3.05) is 0 Å². The highest BCUT2D eigenvalue weighted by Crippen LogP contribution is 2.18. The van der Waals surface area contributed by atoms with Crippen molar-refractivity contribution in [2.45, 2.75) is 257 Å². The fourth-order valence-electron chi connectivity index (χ4n) is 8.38. The third kappa shape index (κ3) is 31.7. The maximum atomic E-state index is 13.7. The molecule has 2 aromatic rings. The Morgan fingerprint density at radius 3 is 1.38 bits per heavy atom. The van der Waals surface area contributed by atoms with E-state index in [1.165, 1.54) is 129 Å². The van der Waals surface area contributed by atoms with E-state index in [4.69, 9.17) is 14.2 Å². The zero-order chi connectivity index (χ0) is 49.3. The van der Waals surface area contributed by atoms with E-state index in [9.17, 15) is 29.1 Å². The molecule has 0 aliphatic rings. The monoisotopic (exact) mass is 949 g/mol. The van der Waals surface area contributed by atoms with Crippen molar-refractivity contribution in [3.8, 4) is 0 Å². The van der Waals surface area contributed by atoms with Crippen LogP contribution in [0.4, 0.5) is 0 Å². The largest absolute Gasteiger partial charge is 0.462 e. The average molecular weight is 949 g/mol. The second-order valence-electron chi connectivity index (χ2n) is 19.0. The van der Waals surface area contributed by atoms with E-state index >= 15 is 0 Å². The fourth-order valence-corrected chi connectivity index (χ4v) is 8.38. The van der Waals surface area contributed by atoms with Gasteiger partial charge in [0.05, 0.1) is 12.5 Å². The number of rotatable bonds is 43. The summed E-state index contributed by atoms with van der Waals surface area (Å²) < 4.78 is 16.9. The zero-order valence-corrected chi connectivity index (χ0v) is 42.6. The van der Waals surface area contributed by atoms with Gasteiger partial charge >= 0.3 is 17.9 Å². The van der Waals surface area contributed by atoms with Gasteiger partial charge in [-0.15, -0.1) is 0 Å². The molecule has 0 bridgehead atoms. The Balaban J connectivity index is 1.96. The third-order valence-corrected chi connectivity index (χ3v) is 12.6. The van der Waals surface area contributed by atoms with Gasteiger partial charge in [-0.05, 0) is 43.7 Å². The highest BCUT2D eigenvalue weighted by molar-refractivity contribution is 5.91. The molecule has 11 nitrogen and oxygen atoms in total. The van der Waals surface area contributed by atoms with E-state index in [1.807, 2.05) is 48.5 Å². The fraction of sp³-hybridized carbons (Fsp3) is 0.702. The minimum atomic E-state index is -1.43. The molecule has 0 aliphatic heterocycles. The maximum Gasteiger partial charge on any atom is 0.328 e. The van der Waals surface area contributed by atoms with Crippen molar-refractivity contribution >= 4 is 29.7 Å². The second kappa shape index (κ2) is 40.6. The molecule has 0 radical (unpaired) electrons. The summed E-state index contributed by atoms with van der Waals surface area (Å²) in [5.74, 6) is -3.05. The molecule has 68 heavy (non-hydrogen) atoms. The van der Waals surface area contributed by atoms with Gasteiger partial charge in [0.2, 0.25) is 11.8 Å². The van der Waals surface area contributed by atoms with Crippen LogP contribution in [0, 0.1) is 0 Å². The highest BCUT2D eigenvalue weighted by Gasteiger charge is 2.32. The van der Waals surface area contributed by atoms with Crippen LogP contribution in [0.5, 0.6) is 0 Å². The number of carbonyl (C=O) groups excluding carboxylic acids is 5. The third-order valence-electron chi connectivity index (χ3n) is 12.6. The molecule has 0 saturated heterocycles. The van der Waals surface area contributed by atoms with E-state index in [0.29, 0.717) is 6.42 Å². The Bertz CT molecular complexity index is 1590. The van der Waals surface area contributed by atoms with Gasteiger partial charge in [-0.1, -0.05) is 229 Å². The lowest BCUT2D eigenvalue weighted by atomic mass is 10.0. The van der Waals surface area contributed by atoms with Gasteiger partial charge in [0.15, 0.2) is 0 Å². The molecular formula is C57H92N2O9. The number of esters is 3. The van der Waals surface area contributed by atoms with Crippen LogP contribution in [-0.2, 0) is 51.4 Å². The summed E-state index contributed by atoms with van der Waals surface area (Å²) in [6, 6.07) is 15.5. The standard InChI is InChI=1S/C57H92N2O9/c1-4-6-8-10-12-14-16-18-20-22-24-26-34-40-50(68-54(63)41-35-27-25-23-21-19-17-15-13-11-9-7-5-2)44-52(61)59-55(47(3)60)56(64)58-51(57(65)67-46-49-38-32-29-33-39-49)42-43-53(62)66-45-48-36-30-28-31-37-48/h28-33,36-39,47,50-51,55,60H,4-27,34-35,40-46H2,1-3H3,(H,58,64)(H,59,61)/t47-,50?,51+,55+/m0/s1. The van der Waals surface area contributed by atoms with Crippen LogP contribution in [0.25, 0.3) is 0 Å². The van der Waals surface area contributed by atoms with E-state index in [1.54, 1.807) is 12.1 Å². The first kappa shape index (κ1) is 59.9. The smallest absolute Gasteiger partial charge is 0.328 e. The summed E-state index contributed by atoms with van der Waals surface area (Å²) in [6.45, 7) is 5.86. The van der Waals surface area contributed by atoms with E-state index in [0.717, 1.165) is 56.1 Å². The number of carbonyl (C=O) groups is 5. The Hall–Kier alpha value is -4.25. The van der Waals surface area contributed by atoms with Crippen molar-refractivity contribution in [3.05, 3.63) is 71.8 Å². The topological polar surface area (TPSA) is 157 Å². The Morgan fingerprint density at radius 1 is 0.500 bits per heavy atom. The van der Waals surface area contributed by atoms with Crippen molar-refractivity contribution in [1.82, 2.24) is 10.6 Å². The van der Waals surface area contributed by atoms with Gasteiger partial charge in [0, 0.05) is 12.8 Å². The minimum Gasteiger partial charge on any atom is -0.462 e. The van der Waals surface area contributed by atoms with Crippen molar-refractivity contribution in [2.24, 2.45) is 0 Å². The molecule has 4 atom stereocenters. The summed E-state index contributed by atoms with van der Waals surface area (Å²) in [5.41, 5.74) is 1.54. The predicted molar refractivity (Wildman–Crippen MR) is 272 cm³/mol. The number of hydrogen-bond donors (Lipinski definition) is 3. The molecule has 2 amide bonds. The van der Waals surface area contributed by atoms with Crippen LogP contribution in [0.3, 0.4) is 0 Å². The number of aliphatic hydroxyl groups is 1. The van der Waals surface area contributed by atoms with Crippen molar-refractivity contribution in [1.29, 1.82) is 0 Å². The molecule has 11 heteroatoms. The normalized spacial score (nSPS) is 12.9. The molecule has 0 fully saturated rings. The first-order valence-electron chi connectivity index (χ1n) is 27.0. The quantitative estimate of drug-likeness (QED) is 0.0334. The SMILES string of the molecule is CCCCCCCCCCCCCCCC(=O)OC(CCCCCCCCCCCCCCC)CC(=O)N[C@@H](C(=O)N[C@H](CCC(=O)OCc1ccccc1)C(=O)OCc1ccccc1)[C@H](C)O. The molecule has 0 saturated carbocycles. The van der Waals surface area contributed by atoms with Crippen LogP contribution in [-0.4, -0.2) is 59.1 Å². The van der Waals surface area contributed by atoms with Crippen LogP contribution >= 0.6 is 0 Å². The van der Waals surface area contributed by atoms with E-state index in [-0.39, 0.29) is 44.9 Å². The Morgan fingerprint density at radius 2 is 0.926 bits per heavy atom. The molecule has 2 rings (SSSR count). The summed E-state index contributed by atoms with van der Waals surface area (Å²) in [7, 11) is 0. The number of ether oxygens (including phenoxy) is 3. The molecule has 2 aromatic carbocycles. The van der Waals surface area contributed by atoms with Gasteiger partial charge in [-0.3, -0.25) is 19.2 Å². The van der Waals surface area contributed by atoms with Crippen LogP contribution in [0.2, 0.25) is 0 Å². The molecule has 3 N–H and O–H groups in total. The highest BCUT2D eigenvalue weighted by atomic mass is 16.5. The average Bonchev–Trinajstić information content (AvgIpc) is 3.33. The Kier molecular flexibility index (Phi) is 35.8. The van der Waals surface area contributed by atoms with Crippen molar-refractivity contribution < 1.29 is 43.3 Å². The van der Waals surface area contributed by atoms with E-state index < -0.39 is 48.0 Å². The maximum absolute atomic E-state index is 13.7. The number of hydrogen-bond acceptors (Lipinski definition) is 9. The predicted octanol–water partition coefficient (Wildman–Crippen LogP) is 12.9.